The number of benzene rings is 3. The predicted molar refractivity (Wildman–Crippen MR) is 157 cm³/mol. The molecular formula is C32H34F3N3O4S. The van der Waals surface area contributed by atoms with Crippen LogP contribution in [0.15, 0.2) is 66.7 Å². The zero-order valence-electron chi connectivity index (χ0n) is 23.8. The molecule has 1 aliphatic heterocycles. The van der Waals surface area contributed by atoms with Crippen LogP contribution in [0.4, 0.5) is 13.2 Å². The molecule has 43 heavy (non-hydrogen) atoms. The predicted octanol–water partition coefficient (Wildman–Crippen LogP) is 6.47. The zero-order valence-corrected chi connectivity index (χ0v) is 24.6. The molecule has 1 saturated heterocycles. The van der Waals surface area contributed by atoms with E-state index in [-0.39, 0.29) is 50.4 Å². The van der Waals surface area contributed by atoms with E-state index in [1.165, 1.54) is 0 Å². The Balaban J connectivity index is 1.42. The van der Waals surface area contributed by atoms with Gasteiger partial charge in [0.1, 0.15) is 11.6 Å². The minimum Gasteiger partial charge on any atom is -0.497 e. The highest BCUT2D eigenvalue weighted by atomic mass is 32.2. The first-order valence-corrected chi connectivity index (χ1v) is 16.0. The maximum atomic E-state index is 13.2. The number of alkyl halides is 3. The molecule has 1 unspecified atom stereocenters. The van der Waals surface area contributed by atoms with E-state index in [4.69, 9.17) is 9.72 Å². The van der Waals surface area contributed by atoms with Crippen molar-refractivity contribution < 1.29 is 31.4 Å². The van der Waals surface area contributed by atoms with Crippen molar-refractivity contribution >= 4 is 21.1 Å². The molecule has 1 atom stereocenters. The van der Waals surface area contributed by atoms with E-state index in [2.05, 4.69) is 16.7 Å². The van der Waals surface area contributed by atoms with Gasteiger partial charge in [0.05, 0.1) is 24.8 Å². The quantitative estimate of drug-likeness (QED) is 0.230. The molecule has 2 fully saturated rings. The summed E-state index contributed by atoms with van der Waals surface area (Å²) in [6, 6.07) is 21.8. The van der Waals surface area contributed by atoms with Crippen LogP contribution in [-0.2, 0) is 16.6 Å². The fourth-order valence-electron chi connectivity index (χ4n) is 6.32. The number of piperidine rings is 1. The molecule has 0 bridgehead atoms. The Hall–Kier alpha value is -3.41. The molecule has 6 rings (SSSR count). The number of hydrogen-bond donors (Lipinski definition) is 1. The number of hydrogen-bond acceptors (Lipinski definition) is 5. The summed E-state index contributed by atoms with van der Waals surface area (Å²) in [4.78, 5) is 5.01. The van der Waals surface area contributed by atoms with Crippen molar-refractivity contribution in [3.63, 3.8) is 0 Å². The highest BCUT2D eigenvalue weighted by Crippen LogP contribution is 2.42. The maximum Gasteiger partial charge on any atom is 0.511 e. The molecule has 7 nitrogen and oxygen atoms in total. The number of aliphatic hydroxyl groups excluding tert-OH is 1. The number of sulfonamides is 1. The topological polar surface area (TPSA) is 84.7 Å². The monoisotopic (exact) mass is 613 g/mol. The molecule has 1 N–H and O–H groups in total. The smallest absolute Gasteiger partial charge is 0.497 e. The molecule has 2 aliphatic rings. The molecule has 4 aromatic rings. The van der Waals surface area contributed by atoms with Crippen LogP contribution in [0.5, 0.6) is 5.75 Å². The van der Waals surface area contributed by atoms with E-state index < -0.39 is 15.5 Å². The Kier molecular flexibility index (Phi) is 7.99. The van der Waals surface area contributed by atoms with Crippen LogP contribution >= 0.6 is 0 Å². The molecule has 2 heterocycles. The third-order valence-electron chi connectivity index (χ3n) is 8.91. The van der Waals surface area contributed by atoms with Crippen LogP contribution in [0.3, 0.4) is 0 Å². The van der Waals surface area contributed by atoms with Crippen molar-refractivity contribution in [3.05, 3.63) is 94.8 Å². The Morgan fingerprint density at radius 2 is 1.53 bits per heavy atom. The van der Waals surface area contributed by atoms with Gasteiger partial charge < -0.3 is 14.4 Å². The minimum absolute atomic E-state index is 0.0499. The fraction of sp³-hybridized carbons (Fsp3) is 0.406. The number of halogens is 3. The van der Waals surface area contributed by atoms with Gasteiger partial charge in [0, 0.05) is 31.0 Å². The van der Waals surface area contributed by atoms with Crippen molar-refractivity contribution in [1.82, 2.24) is 13.9 Å². The highest BCUT2D eigenvalue weighted by molar-refractivity contribution is 7.90. The largest absolute Gasteiger partial charge is 0.511 e. The van der Waals surface area contributed by atoms with Gasteiger partial charge in [-0.15, -0.1) is 0 Å². The second-order valence-electron chi connectivity index (χ2n) is 11.4. The normalized spacial score (nSPS) is 18.1. The van der Waals surface area contributed by atoms with E-state index in [0.29, 0.717) is 4.31 Å². The molecule has 228 valence electrons. The van der Waals surface area contributed by atoms with Crippen LogP contribution in [-0.4, -0.2) is 53.1 Å². The van der Waals surface area contributed by atoms with E-state index in [9.17, 15) is 26.7 Å². The lowest BCUT2D eigenvalue weighted by Gasteiger charge is -2.35. The first-order chi connectivity index (χ1) is 20.6. The molecule has 1 aliphatic carbocycles. The summed E-state index contributed by atoms with van der Waals surface area (Å²) in [5.41, 5.74) is 0.342. The number of ether oxygens (including phenoxy) is 1. The van der Waals surface area contributed by atoms with E-state index >= 15 is 0 Å². The van der Waals surface area contributed by atoms with Crippen LogP contribution in [0.1, 0.15) is 78.1 Å². The van der Waals surface area contributed by atoms with Gasteiger partial charge in [0.15, 0.2) is 0 Å². The maximum absolute atomic E-state index is 13.2. The average Bonchev–Trinajstić information content (AvgIpc) is 3.34. The fourth-order valence-corrected chi connectivity index (χ4v) is 7.31. The third kappa shape index (κ3) is 5.54. The second kappa shape index (κ2) is 11.6. The van der Waals surface area contributed by atoms with Crippen LogP contribution < -0.4 is 4.74 Å². The second-order valence-corrected chi connectivity index (χ2v) is 13.3. The summed E-state index contributed by atoms with van der Waals surface area (Å²) in [6.07, 6.45) is 3.65. The Bertz CT molecular complexity index is 1640. The SMILES string of the molecule is COc1ccc(C(c2ccc(CO)cc2)c2ccc3nc(C4CCC4)n(C4CCN(S(=O)(=O)C(F)(F)F)CC4)c3c2)cc1. The van der Waals surface area contributed by atoms with Gasteiger partial charge in [0.2, 0.25) is 0 Å². The summed E-state index contributed by atoms with van der Waals surface area (Å²) >= 11 is 0. The number of aromatic nitrogens is 2. The van der Waals surface area contributed by atoms with Gasteiger partial charge in [-0.3, -0.25) is 0 Å². The molecular weight excluding hydrogens is 579 g/mol. The Labute approximate surface area is 249 Å². The Morgan fingerprint density at radius 3 is 2.07 bits per heavy atom. The van der Waals surface area contributed by atoms with Crippen molar-refractivity contribution in [3.8, 4) is 5.75 Å². The van der Waals surface area contributed by atoms with Crippen molar-refractivity contribution in [2.75, 3.05) is 20.2 Å². The lowest BCUT2D eigenvalue weighted by Crippen LogP contribution is -2.45. The van der Waals surface area contributed by atoms with Crippen molar-refractivity contribution in [2.45, 2.75) is 62.1 Å². The van der Waals surface area contributed by atoms with Gasteiger partial charge in [-0.25, -0.2) is 13.4 Å². The molecule has 1 aromatic heterocycles. The lowest BCUT2D eigenvalue weighted by atomic mass is 9.84. The van der Waals surface area contributed by atoms with Crippen LogP contribution in [0, 0.1) is 0 Å². The Morgan fingerprint density at radius 1 is 0.930 bits per heavy atom. The van der Waals surface area contributed by atoms with Gasteiger partial charge in [-0.05, 0) is 72.2 Å². The third-order valence-corrected chi connectivity index (χ3v) is 10.5. The molecule has 0 amide bonds. The number of nitrogens with zero attached hydrogens (tertiary/aromatic N) is 3. The van der Waals surface area contributed by atoms with Gasteiger partial charge in [-0.1, -0.05) is 48.9 Å². The molecule has 3 aromatic carbocycles. The van der Waals surface area contributed by atoms with E-state index in [0.717, 1.165) is 64.1 Å². The standard InChI is InChI=1S/C32H34F3N3O4S/c1-42-27-12-9-23(10-13-27)30(22-7-5-21(20-39)6-8-22)25-11-14-28-29(19-25)38(31(36-28)24-3-2-4-24)26-15-17-37(18-16-26)43(40,41)32(33,34)35/h5-14,19,24,26,30,39H,2-4,15-18,20H2,1H3. The summed E-state index contributed by atoms with van der Waals surface area (Å²) in [6.45, 7) is -0.436. The highest BCUT2D eigenvalue weighted by Gasteiger charge is 2.50. The number of aliphatic hydroxyl groups is 1. The van der Waals surface area contributed by atoms with Crippen molar-refractivity contribution in [2.24, 2.45) is 0 Å². The number of imidazole rings is 1. The number of methoxy groups -OCH3 is 1. The number of rotatable bonds is 8. The summed E-state index contributed by atoms with van der Waals surface area (Å²) in [5, 5.41) is 9.59. The zero-order chi connectivity index (χ0) is 30.4. The lowest BCUT2D eigenvalue weighted by molar-refractivity contribution is -0.0496. The number of fused-ring (bicyclic) bond motifs is 1. The van der Waals surface area contributed by atoms with Crippen molar-refractivity contribution in [1.29, 1.82) is 0 Å². The van der Waals surface area contributed by atoms with Gasteiger partial charge in [0.25, 0.3) is 0 Å². The molecule has 1 saturated carbocycles. The van der Waals surface area contributed by atoms with E-state index in [1.807, 2.05) is 54.6 Å². The molecule has 11 heteroatoms. The summed E-state index contributed by atoms with van der Waals surface area (Å²) < 4.78 is 72.0. The average molecular weight is 614 g/mol. The van der Waals surface area contributed by atoms with Crippen LogP contribution in [0.2, 0.25) is 0 Å². The molecule has 0 radical (unpaired) electrons. The summed E-state index contributed by atoms with van der Waals surface area (Å²) in [7, 11) is -3.74. The molecule has 0 spiro atoms. The van der Waals surface area contributed by atoms with Gasteiger partial charge >= 0.3 is 15.5 Å². The van der Waals surface area contributed by atoms with Crippen LogP contribution in [0.25, 0.3) is 11.0 Å². The minimum atomic E-state index is -5.36. The first-order valence-electron chi connectivity index (χ1n) is 14.5. The first kappa shape index (κ1) is 29.7. The summed E-state index contributed by atoms with van der Waals surface area (Å²) in [5.74, 6) is 1.81. The van der Waals surface area contributed by atoms with Gasteiger partial charge in [-0.2, -0.15) is 17.5 Å². The van der Waals surface area contributed by atoms with E-state index in [1.54, 1.807) is 7.11 Å².